The summed E-state index contributed by atoms with van der Waals surface area (Å²) in [6, 6.07) is -0.284. The summed E-state index contributed by atoms with van der Waals surface area (Å²) in [4.78, 5) is 22.9. The summed E-state index contributed by atoms with van der Waals surface area (Å²) < 4.78 is 5.68. The molecule has 6 heteroatoms. The Kier molecular flexibility index (Phi) is 5.85. The largest absolute Gasteiger partial charge is 0.481 e. The van der Waals surface area contributed by atoms with Gasteiger partial charge in [0.05, 0.1) is 24.7 Å². The highest BCUT2D eigenvalue weighted by atomic mass is 16.5. The van der Waals surface area contributed by atoms with E-state index in [1.165, 1.54) is 12.8 Å². The van der Waals surface area contributed by atoms with Gasteiger partial charge in [-0.05, 0) is 25.7 Å². The van der Waals surface area contributed by atoms with Gasteiger partial charge in [0.1, 0.15) is 0 Å². The van der Waals surface area contributed by atoms with E-state index >= 15 is 0 Å². The molecule has 0 aromatic carbocycles. The topological polar surface area (TPSA) is 87.7 Å². The van der Waals surface area contributed by atoms with Gasteiger partial charge in [-0.2, -0.15) is 0 Å². The molecule has 3 N–H and O–H groups in total. The van der Waals surface area contributed by atoms with Crippen molar-refractivity contribution in [3.8, 4) is 0 Å². The molecule has 0 atom stereocenters. The maximum Gasteiger partial charge on any atom is 0.315 e. The molecule has 6 nitrogen and oxygen atoms in total. The first-order chi connectivity index (χ1) is 10.1. The Morgan fingerprint density at radius 1 is 1.14 bits per heavy atom. The molecular weight excluding hydrogens is 272 g/mol. The number of hydrogen-bond acceptors (Lipinski definition) is 3. The molecule has 21 heavy (non-hydrogen) atoms. The summed E-state index contributed by atoms with van der Waals surface area (Å²) in [7, 11) is 0. The van der Waals surface area contributed by atoms with Gasteiger partial charge in [-0.3, -0.25) is 4.79 Å². The second kappa shape index (κ2) is 7.64. The highest BCUT2D eigenvalue weighted by Gasteiger charge is 2.37. The van der Waals surface area contributed by atoms with Gasteiger partial charge < -0.3 is 20.5 Å². The van der Waals surface area contributed by atoms with Crippen LogP contribution in [0.1, 0.15) is 57.8 Å². The van der Waals surface area contributed by atoms with Gasteiger partial charge in [0, 0.05) is 6.54 Å². The Morgan fingerprint density at radius 3 is 2.43 bits per heavy atom. The number of carbonyl (C=O) groups excluding carboxylic acids is 1. The number of carbonyl (C=O) groups is 2. The summed E-state index contributed by atoms with van der Waals surface area (Å²) in [5.74, 6) is -0.859. The average molecular weight is 298 g/mol. The van der Waals surface area contributed by atoms with Crippen molar-refractivity contribution in [3.63, 3.8) is 0 Å². The molecule has 0 aliphatic heterocycles. The van der Waals surface area contributed by atoms with Crippen molar-refractivity contribution in [2.24, 2.45) is 0 Å². The number of hydrogen-bond donors (Lipinski definition) is 3. The van der Waals surface area contributed by atoms with E-state index in [1.807, 2.05) is 0 Å². The molecule has 0 unspecified atom stereocenters. The summed E-state index contributed by atoms with van der Waals surface area (Å²) in [5.41, 5.74) is -0.567. The number of amides is 2. The predicted octanol–water partition coefficient (Wildman–Crippen LogP) is 2.03. The van der Waals surface area contributed by atoms with Crippen molar-refractivity contribution in [2.75, 3.05) is 13.2 Å². The molecule has 0 bridgehead atoms. The monoisotopic (exact) mass is 298 g/mol. The van der Waals surface area contributed by atoms with Crippen LogP contribution in [0.25, 0.3) is 0 Å². The second-order valence-corrected chi connectivity index (χ2v) is 6.22. The predicted molar refractivity (Wildman–Crippen MR) is 78.2 cm³/mol. The van der Waals surface area contributed by atoms with Crippen LogP contribution in [0.4, 0.5) is 4.79 Å². The lowest BCUT2D eigenvalue weighted by Crippen LogP contribution is -2.52. The van der Waals surface area contributed by atoms with E-state index in [2.05, 4.69) is 10.6 Å². The fourth-order valence-electron chi connectivity index (χ4n) is 3.42. The molecule has 0 heterocycles. The minimum Gasteiger partial charge on any atom is -0.481 e. The highest BCUT2D eigenvalue weighted by molar-refractivity contribution is 5.76. The van der Waals surface area contributed by atoms with Crippen molar-refractivity contribution < 1.29 is 19.4 Å². The van der Waals surface area contributed by atoms with Gasteiger partial charge in [0.2, 0.25) is 0 Å². The van der Waals surface area contributed by atoms with Crippen LogP contribution >= 0.6 is 0 Å². The van der Waals surface area contributed by atoms with Gasteiger partial charge >= 0.3 is 12.0 Å². The standard InChI is InChI=1S/C15H26N2O4/c18-13(19)11-15(7-3-4-8-15)17-14(20)16-9-10-21-12-5-1-2-6-12/h12H,1-11H2,(H,18,19)(H2,16,17,20). The first kappa shape index (κ1) is 16.1. The van der Waals surface area contributed by atoms with Crippen LogP contribution in [0.3, 0.4) is 0 Å². The fourth-order valence-corrected chi connectivity index (χ4v) is 3.42. The van der Waals surface area contributed by atoms with E-state index in [9.17, 15) is 9.59 Å². The first-order valence-electron chi connectivity index (χ1n) is 7.99. The van der Waals surface area contributed by atoms with Crippen LogP contribution in [0, 0.1) is 0 Å². The Morgan fingerprint density at radius 2 is 1.81 bits per heavy atom. The number of urea groups is 1. The molecule has 2 fully saturated rings. The van der Waals surface area contributed by atoms with Gasteiger partial charge in [0.15, 0.2) is 0 Å². The SMILES string of the molecule is O=C(O)CC1(NC(=O)NCCOC2CCCC2)CCCC1. The van der Waals surface area contributed by atoms with Gasteiger partial charge in [-0.1, -0.05) is 25.7 Å². The van der Waals surface area contributed by atoms with Crippen molar-refractivity contribution in [2.45, 2.75) is 69.4 Å². The van der Waals surface area contributed by atoms with Crippen LogP contribution in [-0.4, -0.2) is 41.9 Å². The minimum absolute atomic E-state index is 0.000998. The summed E-state index contributed by atoms with van der Waals surface area (Å²) in [6.45, 7) is 0.982. The number of rotatable bonds is 7. The van der Waals surface area contributed by atoms with Crippen molar-refractivity contribution in [1.29, 1.82) is 0 Å². The molecule has 2 rings (SSSR count). The van der Waals surface area contributed by atoms with Crippen LogP contribution < -0.4 is 10.6 Å². The van der Waals surface area contributed by atoms with E-state index in [-0.39, 0.29) is 12.5 Å². The summed E-state index contributed by atoms with van der Waals surface area (Å²) in [6.07, 6.45) is 8.48. The lowest BCUT2D eigenvalue weighted by Gasteiger charge is -2.28. The van der Waals surface area contributed by atoms with E-state index in [0.717, 1.165) is 38.5 Å². The molecule has 120 valence electrons. The Bertz CT molecular complexity index is 361. The van der Waals surface area contributed by atoms with Gasteiger partial charge in [0.25, 0.3) is 0 Å². The third-order valence-corrected chi connectivity index (χ3v) is 4.47. The zero-order valence-corrected chi connectivity index (χ0v) is 12.5. The molecule has 2 aliphatic carbocycles. The number of aliphatic carboxylic acids is 1. The van der Waals surface area contributed by atoms with Crippen molar-refractivity contribution >= 4 is 12.0 Å². The van der Waals surface area contributed by atoms with Crippen molar-refractivity contribution in [1.82, 2.24) is 10.6 Å². The highest BCUT2D eigenvalue weighted by Crippen LogP contribution is 2.32. The maximum absolute atomic E-state index is 11.9. The fraction of sp³-hybridized carbons (Fsp3) is 0.867. The smallest absolute Gasteiger partial charge is 0.315 e. The third kappa shape index (κ3) is 5.19. The summed E-state index contributed by atoms with van der Waals surface area (Å²) >= 11 is 0. The Balaban J connectivity index is 1.66. The second-order valence-electron chi connectivity index (χ2n) is 6.22. The van der Waals surface area contributed by atoms with E-state index in [1.54, 1.807) is 0 Å². The number of carboxylic acids is 1. The quantitative estimate of drug-likeness (QED) is 0.628. The molecule has 0 spiro atoms. The van der Waals surface area contributed by atoms with Crippen LogP contribution in [0.5, 0.6) is 0 Å². The van der Waals surface area contributed by atoms with Crippen LogP contribution in [0.15, 0.2) is 0 Å². The van der Waals surface area contributed by atoms with E-state index in [4.69, 9.17) is 9.84 Å². The van der Waals surface area contributed by atoms with Crippen LogP contribution in [0.2, 0.25) is 0 Å². The molecule has 2 aliphatic rings. The molecule has 0 aromatic heterocycles. The summed E-state index contributed by atoms with van der Waals surface area (Å²) in [5, 5.41) is 14.6. The number of ether oxygens (including phenoxy) is 1. The normalized spacial score (nSPS) is 21.3. The molecule has 0 radical (unpaired) electrons. The first-order valence-corrected chi connectivity index (χ1v) is 7.99. The molecule has 0 saturated heterocycles. The number of nitrogens with one attached hydrogen (secondary N) is 2. The number of carboxylic acid groups (broad SMARTS) is 1. The molecule has 0 aromatic rings. The molecular formula is C15H26N2O4. The Labute approximate surface area is 125 Å². The van der Waals surface area contributed by atoms with Crippen molar-refractivity contribution in [3.05, 3.63) is 0 Å². The molecule has 2 saturated carbocycles. The zero-order valence-electron chi connectivity index (χ0n) is 12.5. The third-order valence-electron chi connectivity index (χ3n) is 4.47. The van der Waals surface area contributed by atoms with Crippen LogP contribution in [-0.2, 0) is 9.53 Å². The lowest BCUT2D eigenvalue weighted by molar-refractivity contribution is -0.138. The lowest BCUT2D eigenvalue weighted by atomic mass is 9.93. The van der Waals surface area contributed by atoms with Gasteiger partial charge in [-0.15, -0.1) is 0 Å². The zero-order chi connectivity index (χ0) is 15.1. The average Bonchev–Trinajstić information content (AvgIpc) is 3.06. The van der Waals surface area contributed by atoms with E-state index < -0.39 is 11.5 Å². The molecule has 2 amide bonds. The minimum atomic E-state index is -0.859. The van der Waals surface area contributed by atoms with Gasteiger partial charge in [-0.25, -0.2) is 4.79 Å². The Hall–Kier alpha value is -1.30. The van der Waals surface area contributed by atoms with E-state index in [0.29, 0.717) is 19.3 Å². The maximum atomic E-state index is 11.9.